The second-order valence-corrected chi connectivity index (χ2v) is 14.7. The fourth-order valence-electron chi connectivity index (χ4n) is 11.2. The predicted molar refractivity (Wildman–Crippen MR) is 134 cm³/mol. The zero-order valence-corrected chi connectivity index (χ0v) is 22.5. The lowest BCUT2D eigenvalue weighted by molar-refractivity contribution is -0.245. The van der Waals surface area contributed by atoms with Crippen LogP contribution >= 0.6 is 0 Å². The molecule has 4 heteroatoms. The van der Waals surface area contributed by atoms with Crippen LogP contribution in [0, 0.1) is 56.7 Å². The fourth-order valence-corrected chi connectivity index (χ4v) is 11.2. The highest BCUT2D eigenvalue weighted by Gasteiger charge is 2.73. The zero-order valence-electron chi connectivity index (χ0n) is 22.5. The molecule has 0 aromatic carbocycles. The molecule has 3 N–H and O–H groups in total. The molecule has 4 nitrogen and oxygen atoms in total. The average molecular weight is 473 g/mol. The van der Waals surface area contributed by atoms with Gasteiger partial charge in [-0.2, -0.15) is 0 Å². The van der Waals surface area contributed by atoms with E-state index in [0.717, 1.165) is 25.7 Å². The number of rotatable bonds is 1. The van der Waals surface area contributed by atoms with Crippen molar-refractivity contribution in [3.63, 3.8) is 0 Å². The average Bonchev–Trinajstić information content (AvgIpc) is 2.72. The maximum Gasteiger partial charge on any atom is 0.314 e. The van der Waals surface area contributed by atoms with Gasteiger partial charge < -0.3 is 15.3 Å². The lowest BCUT2D eigenvalue weighted by Crippen LogP contribution is -2.70. The Morgan fingerprint density at radius 3 is 2.29 bits per heavy atom. The van der Waals surface area contributed by atoms with Crippen molar-refractivity contribution < 1.29 is 20.1 Å². The monoisotopic (exact) mass is 472 g/mol. The molecular weight excluding hydrogens is 424 g/mol. The second-order valence-electron chi connectivity index (χ2n) is 14.7. The smallest absolute Gasteiger partial charge is 0.314 e. The van der Waals surface area contributed by atoms with Gasteiger partial charge in [0.15, 0.2) is 0 Å². The van der Waals surface area contributed by atoms with Gasteiger partial charge >= 0.3 is 5.97 Å². The van der Waals surface area contributed by atoms with Gasteiger partial charge in [0.25, 0.3) is 0 Å². The Hall–Kier alpha value is -0.870. The van der Waals surface area contributed by atoms with Crippen molar-refractivity contribution in [2.24, 2.45) is 56.7 Å². The standard InChI is InChI=1S/C30H48O4/c1-17-10-12-27(5)14-15-30(25(33)34)19(23(27)18(17)2)8-9-21-28(6)13-11-22(32)26(3,4)24(28)20(31)16-29(21,30)7/h8,17-18,20-24,31-32H,9-16H2,1-7H3,(H,33,34). The Kier molecular flexibility index (Phi) is 5.36. The molecule has 4 saturated carbocycles. The molecule has 0 bridgehead atoms. The Bertz CT molecular complexity index is 907. The molecule has 0 heterocycles. The van der Waals surface area contributed by atoms with Gasteiger partial charge in [-0.05, 0) is 103 Å². The van der Waals surface area contributed by atoms with Crippen LogP contribution in [0.2, 0.25) is 0 Å². The summed E-state index contributed by atoms with van der Waals surface area (Å²) in [7, 11) is 0. The molecular formula is C30H48O4. The first-order valence-electron chi connectivity index (χ1n) is 14.0. The number of aliphatic carboxylic acids is 1. The van der Waals surface area contributed by atoms with Gasteiger partial charge in [0.2, 0.25) is 0 Å². The number of hydrogen-bond donors (Lipinski definition) is 3. The first-order chi connectivity index (χ1) is 15.7. The number of carboxylic acid groups (broad SMARTS) is 1. The number of hydrogen-bond acceptors (Lipinski definition) is 3. The number of aliphatic hydroxyl groups excluding tert-OH is 2. The van der Waals surface area contributed by atoms with Gasteiger partial charge in [-0.15, -0.1) is 0 Å². The third-order valence-corrected chi connectivity index (χ3v) is 13.1. The topological polar surface area (TPSA) is 77.8 Å². The highest BCUT2D eigenvalue weighted by Crippen LogP contribution is 2.75. The van der Waals surface area contributed by atoms with E-state index in [0.29, 0.717) is 30.6 Å². The van der Waals surface area contributed by atoms with Gasteiger partial charge in [-0.1, -0.05) is 60.1 Å². The van der Waals surface area contributed by atoms with Crippen molar-refractivity contribution >= 4 is 5.97 Å². The summed E-state index contributed by atoms with van der Waals surface area (Å²) < 4.78 is 0. The minimum atomic E-state index is -0.902. The summed E-state index contributed by atoms with van der Waals surface area (Å²) in [5.41, 5.74) is -0.584. The summed E-state index contributed by atoms with van der Waals surface area (Å²) in [5.74, 6) is 0.901. The normalized spacial score (nSPS) is 56.3. The maximum atomic E-state index is 13.5. The minimum absolute atomic E-state index is 0.0231. The van der Waals surface area contributed by atoms with Crippen molar-refractivity contribution in [3.05, 3.63) is 11.6 Å². The number of carboxylic acids is 1. The predicted octanol–water partition coefficient (Wildman–Crippen LogP) is 6.06. The maximum absolute atomic E-state index is 13.5. The molecule has 0 aromatic rings. The van der Waals surface area contributed by atoms with Crippen LogP contribution in [0.15, 0.2) is 11.6 Å². The molecule has 0 aromatic heterocycles. The van der Waals surface area contributed by atoms with Gasteiger partial charge in [0.05, 0.1) is 17.6 Å². The van der Waals surface area contributed by atoms with Crippen LogP contribution in [0.3, 0.4) is 0 Å². The fraction of sp³-hybridized carbons (Fsp3) is 0.900. The van der Waals surface area contributed by atoms with E-state index in [9.17, 15) is 20.1 Å². The summed E-state index contributed by atoms with van der Waals surface area (Å²) in [4.78, 5) is 13.5. The van der Waals surface area contributed by atoms with E-state index < -0.39 is 29.0 Å². The van der Waals surface area contributed by atoms with E-state index in [1.165, 1.54) is 18.4 Å². The Morgan fingerprint density at radius 2 is 1.65 bits per heavy atom. The summed E-state index contributed by atoms with van der Waals surface area (Å²) in [6, 6.07) is 0. The zero-order chi connectivity index (χ0) is 25.1. The molecule has 11 atom stereocenters. The molecule has 192 valence electrons. The van der Waals surface area contributed by atoms with E-state index in [4.69, 9.17) is 0 Å². The van der Waals surface area contributed by atoms with Crippen LogP contribution in [0.4, 0.5) is 0 Å². The van der Waals surface area contributed by atoms with Crippen LogP contribution in [-0.2, 0) is 4.79 Å². The van der Waals surface area contributed by atoms with Crippen LogP contribution < -0.4 is 0 Å². The number of carbonyl (C=O) groups is 1. The molecule has 0 radical (unpaired) electrons. The van der Waals surface area contributed by atoms with Crippen LogP contribution in [0.5, 0.6) is 0 Å². The molecule has 4 fully saturated rings. The Labute approximate surface area is 206 Å². The molecule has 5 aliphatic rings. The quantitative estimate of drug-likeness (QED) is 0.405. The van der Waals surface area contributed by atoms with E-state index in [1.807, 2.05) is 0 Å². The van der Waals surface area contributed by atoms with Crippen molar-refractivity contribution in [1.82, 2.24) is 0 Å². The van der Waals surface area contributed by atoms with Crippen molar-refractivity contribution in [2.45, 2.75) is 112 Å². The van der Waals surface area contributed by atoms with Crippen molar-refractivity contribution in [2.75, 3.05) is 0 Å². The number of aliphatic hydroxyl groups is 2. The highest BCUT2D eigenvalue weighted by molar-refractivity contribution is 5.81. The number of allylic oxidation sites excluding steroid dienone is 1. The van der Waals surface area contributed by atoms with Crippen LogP contribution in [0.1, 0.15) is 99.8 Å². The van der Waals surface area contributed by atoms with E-state index in [2.05, 4.69) is 54.5 Å². The Morgan fingerprint density at radius 1 is 0.971 bits per heavy atom. The molecule has 34 heavy (non-hydrogen) atoms. The van der Waals surface area contributed by atoms with Crippen LogP contribution in [-0.4, -0.2) is 33.5 Å². The lowest BCUT2D eigenvalue weighted by Gasteiger charge is -2.71. The number of fused-ring (bicyclic) bond motifs is 7. The first kappa shape index (κ1) is 24.8. The molecule has 11 unspecified atom stereocenters. The Balaban J connectivity index is 1.69. The van der Waals surface area contributed by atoms with Gasteiger partial charge in [-0.3, -0.25) is 4.79 Å². The van der Waals surface area contributed by atoms with E-state index in [-0.39, 0.29) is 28.1 Å². The highest BCUT2D eigenvalue weighted by atomic mass is 16.4. The van der Waals surface area contributed by atoms with Gasteiger partial charge in [-0.25, -0.2) is 0 Å². The summed E-state index contributed by atoms with van der Waals surface area (Å²) >= 11 is 0. The molecule has 5 rings (SSSR count). The largest absolute Gasteiger partial charge is 0.481 e. The third kappa shape index (κ3) is 2.76. The van der Waals surface area contributed by atoms with Crippen LogP contribution in [0.25, 0.3) is 0 Å². The first-order valence-corrected chi connectivity index (χ1v) is 14.0. The molecule has 0 amide bonds. The molecule has 0 spiro atoms. The molecule has 0 saturated heterocycles. The summed E-state index contributed by atoms with van der Waals surface area (Å²) in [5, 5.41) is 33.8. The lowest BCUT2D eigenvalue weighted by atomic mass is 9.32. The van der Waals surface area contributed by atoms with Crippen molar-refractivity contribution in [1.29, 1.82) is 0 Å². The SMILES string of the molecule is CC1CCC2(C)CCC3(C(=O)O)C(=CCC4C5(C)CCC(O)C(C)(C)C5C(O)CC43C)C2C1C. The summed E-state index contributed by atoms with van der Waals surface area (Å²) in [6.45, 7) is 15.9. The summed E-state index contributed by atoms with van der Waals surface area (Å²) in [6.07, 6.45) is 8.44. The minimum Gasteiger partial charge on any atom is -0.481 e. The van der Waals surface area contributed by atoms with E-state index >= 15 is 0 Å². The van der Waals surface area contributed by atoms with Crippen molar-refractivity contribution in [3.8, 4) is 0 Å². The molecule has 5 aliphatic carbocycles. The van der Waals surface area contributed by atoms with E-state index in [1.54, 1.807) is 0 Å². The van der Waals surface area contributed by atoms with Gasteiger partial charge in [0, 0.05) is 0 Å². The molecule has 0 aliphatic heterocycles. The third-order valence-electron chi connectivity index (χ3n) is 13.1. The second kappa shape index (κ2) is 7.34. The van der Waals surface area contributed by atoms with Gasteiger partial charge in [0.1, 0.15) is 0 Å².